The van der Waals surface area contributed by atoms with Crippen LogP contribution in [0.15, 0.2) is 23.0 Å². The Morgan fingerprint density at radius 3 is 2.88 bits per heavy atom. The molecule has 17 heavy (non-hydrogen) atoms. The van der Waals surface area contributed by atoms with Gasteiger partial charge in [0.1, 0.15) is 5.75 Å². The number of ether oxygens (including phenoxy) is 1. The molecule has 0 bridgehead atoms. The molecule has 2 aromatic rings. The van der Waals surface area contributed by atoms with Crippen molar-refractivity contribution in [1.29, 1.82) is 0 Å². The van der Waals surface area contributed by atoms with Crippen molar-refractivity contribution in [3.05, 3.63) is 40.0 Å². The van der Waals surface area contributed by atoms with Gasteiger partial charge in [-0.25, -0.2) is 0 Å². The highest BCUT2D eigenvalue weighted by Gasteiger charge is 2.11. The lowest BCUT2D eigenvalue weighted by molar-refractivity contribution is 0.111. The van der Waals surface area contributed by atoms with Crippen LogP contribution in [0.4, 0.5) is 0 Å². The molecule has 0 atom stereocenters. The van der Waals surface area contributed by atoms with Crippen molar-refractivity contribution in [1.82, 2.24) is 10.1 Å². The molecule has 7 heteroatoms. The second-order valence-electron chi connectivity index (χ2n) is 3.06. The summed E-state index contributed by atoms with van der Waals surface area (Å²) in [5, 5.41) is 4.18. The van der Waals surface area contributed by atoms with Crippen LogP contribution in [0.2, 0.25) is 10.0 Å². The molecule has 0 spiro atoms. The second kappa shape index (κ2) is 5.16. The van der Waals surface area contributed by atoms with Gasteiger partial charge in [0.05, 0.1) is 10.6 Å². The van der Waals surface area contributed by atoms with E-state index in [1.165, 1.54) is 18.5 Å². The first-order valence-corrected chi connectivity index (χ1v) is 5.28. The zero-order valence-electron chi connectivity index (χ0n) is 8.39. The number of benzene rings is 1. The van der Waals surface area contributed by atoms with Crippen molar-refractivity contribution in [2.24, 2.45) is 0 Å². The molecule has 0 radical (unpaired) electrons. The minimum atomic E-state index is 0.0543. The smallest absolute Gasteiger partial charge is 0.213 e. The van der Waals surface area contributed by atoms with Crippen LogP contribution in [0.5, 0.6) is 5.75 Å². The minimum absolute atomic E-state index is 0.0543. The summed E-state index contributed by atoms with van der Waals surface area (Å²) in [6, 6.07) is 2.95. The van der Waals surface area contributed by atoms with Crippen LogP contribution in [0.1, 0.15) is 16.2 Å². The Balaban J connectivity index is 2.22. The van der Waals surface area contributed by atoms with E-state index in [0.29, 0.717) is 17.1 Å². The average Bonchev–Trinajstić information content (AvgIpc) is 2.79. The van der Waals surface area contributed by atoms with Gasteiger partial charge in [0.2, 0.25) is 12.2 Å². The Morgan fingerprint density at radius 1 is 1.41 bits per heavy atom. The molecule has 88 valence electrons. The van der Waals surface area contributed by atoms with Crippen LogP contribution < -0.4 is 4.74 Å². The Labute approximate surface area is 106 Å². The van der Waals surface area contributed by atoms with Crippen molar-refractivity contribution in [2.45, 2.75) is 6.61 Å². The summed E-state index contributed by atoms with van der Waals surface area (Å²) >= 11 is 11.7. The van der Waals surface area contributed by atoms with E-state index in [9.17, 15) is 4.79 Å². The molecule has 2 rings (SSSR count). The lowest BCUT2D eigenvalue weighted by atomic mass is 10.2. The second-order valence-corrected chi connectivity index (χ2v) is 3.90. The molecule has 0 fully saturated rings. The molecule has 1 aromatic heterocycles. The van der Waals surface area contributed by atoms with Crippen molar-refractivity contribution < 1.29 is 14.1 Å². The third-order valence-electron chi connectivity index (χ3n) is 1.92. The average molecular weight is 273 g/mol. The highest BCUT2D eigenvalue weighted by Crippen LogP contribution is 2.31. The molecule has 0 amide bonds. The minimum Gasteiger partial charge on any atom is -0.483 e. The SMILES string of the molecule is O=Cc1cc(Cl)cc(Cl)c1OCc1ncon1. The van der Waals surface area contributed by atoms with E-state index < -0.39 is 0 Å². The van der Waals surface area contributed by atoms with Crippen LogP contribution in [-0.2, 0) is 6.61 Å². The van der Waals surface area contributed by atoms with Crippen molar-refractivity contribution in [3.8, 4) is 5.75 Å². The maximum Gasteiger partial charge on any atom is 0.213 e. The Hall–Kier alpha value is -1.59. The standard InChI is InChI=1S/C10H6Cl2N2O3/c11-7-1-6(3-15)10(8(12)2-7)16-4-9-13-5-17-14-9/h1-3,5H,4H2. The Kier molecular flexibility index (Phi) is 3.61. The molecule has 0 aliphatic rings. The summed E-state index contributed by atoms with van der Waals surface area (Å²) in [6.07, 6.45) is 1.80. The number of hydrogen-bond acceptors (Lipinski definition) is 5. The molecule has 0 aliphatic carbocycles. The fraction of sp³-hybridized carbons (Fsp3) is 0.100. The van der Waals surface area contributed by atoms with E-state index in [-0.39, 0.29) is 22.9 Å². The highest BCUT2D eigenvalue weighted by molar-refractivity contribution is 6.36. The summed E-state index contributed by atoms with van der Waals surface area (Å²) in [6.45, 7) is 0.0543. The predicted octanol–water partition coefficient (Wildman–Crippen LogP) is 2.77. The largest absolute Gasteiger partial charge is 0.483 e. The lowest BCUT2D eigenvalue weighted by Gasteiger charge is -2.08. The monoisotopic (exact) mass is 272 g/mol. The maximum absolute atomic E-state index is 10.8. The van der Waals surface area contributed by atoms with E-state index in [4.69, 9.17) is 27.9 Å². The number of aldehydes is 1. The van der Waals surface area contributed by atoms with E-state index in [1.54, 1.807) is 0 Å². The molecule has 0 aliphatic heterocycles. The Bertz CT molecular complexity index is 529. The molecular formula is C10H6Cl2N2O3. The van der Waals surface area contributed by atoms with Gasteiger partial charge in [-0.1, -0.05) is 28.4 Å². The predicted molar refractivity (Wildman–Crippen MR) is 60.5 cm³/mol. The first-order valence-electron chi connectivity index (χ1n) is 4.53. The summed E-state index contributed by atoms with van der Waals surface area (Å²) in [4.78, 5) is 14.6. The van der Waals surface area contributed by atoms with Crippen molar-refractivity contribution in [2.75, 3.05) is 0 Å². The van der Waals surface area contributed by atoms with Gasteiger partial charge in [0.25, 0.3) is 0 Å². The number of carbonyl (C=O) groups is 1. The number of carbonyl (C=O) groups excluding carboxylic acids is 1. The normalized spacial score (nSPS) is 10.2. The first-order chi connectivity index (χ1) is 8.20. The van der Waals surface area contributed by atoms with Crippen LogP contribution >= 0.6 is 23.2 Å². The zero-order chi connectivity index (χ0) is 12.3. The third kappa shape index (κ3) is 2.75. The quantitative estimate of drug-likeness (QED) is 0.801. The maximum atomic E-state index is 10.8. The molecule has 0 saturated carbocycles. The van der Waals surface area contributed by atoms with Crippen LogP contribution in [0.3, 0.4) is 0 Å². The summed E-state index contributed by atoms with van der Waals surface area (Å²) in [7, 11) is 0. The van der Waals surface area contributed by atoms with Gasteiger partial charge >= 0.3 is 0 Å². The van der Waals surface area contributed by atoms with Gasteiger partial charge in [-0.2, -0.15) is 4.98 Å². The summed E-state index contributed by atoms with van der Waals surface area (Å²) in [5.74, 6) is 0.601. The molecule has 0 N–H and O–H groups in total. The highest BCUT2D eigenvalue weighted by atomic mass is 35.5. The van der Waals surface area contributed by atoms with Gasteiger partial charge in [0.15, 0.2) is 12.9 Å². The van der Waals surface area contributed by atoms with E-state index in [2.05, 4.69) is 14.7 Å². The van der Waals surface area contributed by atoms with E-state index in [0.717, 1.165) is 0 Å². The Morgan fingerprint density at radius 2 is 2.24 bits per heavy atom. The van der Waals surface area contributed by atoms with Gasteiger partial charge in [-0.05, 0) is 12.1 Å². The lowest BCUT2D eigenvalue weighted by Crippen LogP contribution is -2.00. The van der Waals surface area contributed by atoms with Crippen molar-refractivity contribution in [3.63, 3.8) is 0 Å². The van der Waals surface area contributed by atoms with Crippen LogP contribution in [-0.4, -0.2) is 16.4 Å². The fourth-order valence-electron chi connectivity index (χ4n) is 1.21. The topological polar surface area (TPSA) is 65.2 Å². The van der Waals surface area contributed by atoms with Crippen LogP contribution in [0, 0.1) is 0 Å². The number of hydrogen-bond donors (Lipinski definition) is 0. The third-order valence-corrected chi connectivity index (χ3v) is 2.42. The summed E-state index contributed by atoms with van der Waals surface area (Å²) in [5.41, 5.74) is 0.269. The van der Waals surface area contributed by atoms with E-state index in [1.807, 2.05) is 0 Å². The molecular weight excluding hydrogens is 267 g/mol. The molecule has 0 unspecified atom stereocenters. The van der Waals surface area contributed by atoms with Gasteiger partial charge in [-0.15, -0.1) is 0 Å². The summed E-state index contributed by atoms with van der Waals surface area (Å²) < 4.78 is 9.90. The number of halogens is 2. The first kappa shape index (κ1) is 11.9. The van der Waals surface area contributed by atoms with Gasteiger partial charge < -0.3 is 9.26 Å². The van der Waals surface area contributed by atoms with Crippen molar-refractivity contribution >= 4 is 29.5 Å². The van der Waals surface area contributed by atoms with E-state index >= 15 is 0 Å². The van der Waals surface area contributed by atoms with Crippen LogP contribution in [0.25, 0.3) is 0 Å². The zero-order valence-corrected chi connectivity index (χ0v) is 9.90. The molecule has 5 nitrogen and oxygen atoms in total. The van der Waals surface area contributed by atoms with Gasteiger partial charge in [-0.3, -0.25) is 4.79 Å². The number of aromatic nitrogens is 2. The fourth-order valence-corrected chi connectivity index (χ4v) is 1.78. The molecule has 1 heterocycles. The van der Waals surface area contributed by atoms with Gasteiger partial charge in [0, 0.05) is 5.02 Å². The molecule has 0 saturated heterocycles. The number of nitrogens with zero attached hydrogens (tertiary/aromatic N) is 2. The molecule has 1 aromatic carbocycles. The number of rotatable bonds is 4.